The summed E-state index contributed by atoms with van der Waals surface area (Å²) < 4.78 is 20.6. The summed E-state index contributed by atoms with van der Waals surface area (Å²) in [6.45, 7) is 3.62. The van der Waals surface area contributed by atoms with Gasteiger partial charge in [-0.05, 0) is 66.6 Å². The lowest BCUT2D eigenvalue weighted by Gasteiger charge is -2.14. The van der Waals surface area contributed by atoms with Gasteiger partial charge in [0.1, 0.15) is 11.6 Å². The Bertz CT molecular complexity index is 1570. The molecule has 4 rings (SSSR count). The summed E-state index contributed by atoms with van der Waals surface area (Å²) in [6, 6.07) is 13.8. The third-order valence-corrected chi connectivity index (χ3v) is 6.76. The molecule has 0 saturated heterocycles. The molecule has 0 unspecified atom stereocenters. The van der Waals surface area contributed by atoms with Crippen LogP contribution in [0, 0.1) is 5.82 Å². The van der Waals surface area contributed by atoms with Crippen LogP contribution in [0.15, 0.2) is 69.0 Å². The minimum atomic E-state index is -0.471. The van der Waals surface area contributed by atoms with E-state index in [0.29, 0.717) is 28.0 Å². The van der Waals surface area contributed by atoms with E-state index in [2.05, 4.69) is 31.3 Å². The summed E-state index contributed by atoms with van der Waals surface area (Å²) in [5, 5.41) is 7.75. The van der Waals surface area contributed by atoms with Gasteiger partial charge in [-0.25, -0.2) is 9.37 Å². The van der Waals surface area contributed by atoms with Gasteiger partial charge < -0.3 is 10.1 Å². The van der Waals surface area contributed by atoms with Gasteiger partial charge in [-0.15, -0.1) is 0 Å². The lowest BCUT2D eigenvalue weighted by atomic mass is 10.1. The highest BCUT2D eigenvalue weighted by molar-refractivity contribution is 9.10. The lowest BCUT2D eigenvalue weighted by Crippen LogP contribution is -2.23. The molecule has 7 nitrogen and oxygen atoms in total. The molecule has 0 fully saturated rings. The highest BCUT2D eigenvalue weighted by Crippen LogP contribution is 2.34. The first-order chi connectivity index (χ1) is 18.2. The molecule has 1 aromatic heterocycles. The van der Waals surface area contributed by atoms with Gasteiger partial charge in [-0.1, -0.05) is 53.0 Å². The number of rotatable bonds is 8. The third kappa shape index (κ3) is 6.40. The fourth-order valence-corrected chi connectivity index (χ4v) is 4.54. The van der Waals surface area contributed by atoms with E-state index in [1.165, 1.54) is 35.2 Å². The quantitative estimate of drug-likeness (QED) is 0.215. The number of anilines is 1. The standard InChI is InChI=1S/C27H22BrCl2FN4O3/c1-3-15(2)26-34-23-9-4-17(28)12-20(23)27(37)35(26)32-13-16-10-21(29)25(22(30)11-16)38-14-24(36)33-19-7-5-18(31)6-8-19/h4-13,15H,3,14H2,1-2H3,(H,33,36)/t15-/m0/s1. The number of halogens is 4. The summed E-state index contributed by atoms with van der Waals surface area (Å²) >= 11 is 16.2. The van der Waals surface area contributed by atoms with Gasteiger partial charge in [-0.2, -0.15) is 9.78 Å². The van der Waals surface area contributed by atoms with Crippen molar-refractivity contribution in [1.29, 1.82) is 0 Å². The Kier molecular flexibility index (Phi) is 8.81. The maximum absolute atomic E-state index is 13.3. The van der Waals surface area contributed by atoms with Crippen LogP contribution in [0.2, 0.25) is 10.0 Å². The number of benzene rings is 3. The summed E-state index contributed by atoms with van der Waals surface area (Å²) in [5.41, 5.74) is 1.23. The molecule has 0 radical (unpaired) electrons. The average molecular weight is 620 g/mol. The van der Waals surface area contributed by atoms with Crippen LogP contribution in [-0.4, -0.2) is 28.4 Å². The van der Waals surface area contributed by atoms with Gasteiger partial charge in [0.2, 0.25) is 0 Å². The van der Waals surface area contributed by atoms with Crippen LogP contribution in [0.5, 0.6) is 5.75 Å². The molecular formula is C27H22BrCl2FN4O3. The molecule has 0 aliphatic rings. The molecular weight excluding hydrogens is 598 g/mol. The average Bonchev–Trinajstić information content (AvgIpc) is 2.88. The predicted octanol–water partition coefficient (Wildman–Crippen LogP) is 7.02. The van der Waals surface area contributed by atoms with Crippen molar-refractivity contribution < 1.29 is 13.9 Å². The van der Waals surface area contributed by atoms with Gasteiger partial charge >= 0.3 is 0 Å². The highest BCUT2D eigenvalue weighted by atomic mass is 79.9. The zero-order valence-corrected chi connectivity index (χ0v) is 23.4. The second kappa shape index (κ2) is 12.1. The maximum Gasteiger partial charge on any atom is 0.282 e. The molecule has 0 saturated carbocycles. The fraction of sp³-hybridized carbons (Fsp3) is 0.185. The van der Waals surface area contributed by atoms with Gasteiger partial charge in [0.25, 0.3) is 11.5 Å². The van der Waals surface area contributed by atoms with E-state index in [-0.39, 0.29) is 33.9 Å². The Labute approximate surface area is 236 Å². The van der Waals surface area contributed by atoms with Crippen LogP contribution in [0.4, 0.5) is 10.1 Å². The van der Waals surface area contributed by atoms with Crippen molar-refractivity contribution in [3.8, 4) is 5.75 Å². The molecule has 0 aliphatic heterocycles. The number of hydrogen-bond donors (Lipinski definition) is 1. The predicted molar refractivity (Wildman–Crippen MR) is 152 cm³/mol. The van der Waals surface area contributed by atoms with E-state index >= 15 is 0 Å². The SMILES string of the molecule is CC[C@H](C)c1nc2ccc(Br)cc2c(=O)n1N=Cc1cc(Cl)c(OCC(=O)Nc2ccc(F)cc2)c(Cl)c1. The number of hydrogen-bond acceptors (Lipinski definition) is 5. The zero-order chi connectivity index (χ0) is 27.4. The molecule has 1 heterocycles. The monoisotopic (exact) mass is 618 g/mol. The first kappa shape index (κ1) is 27.8. The molecule has 0 spiro atoms. The van der Waals surface area contributed by atoms with Crippen molar-refractivity contribution in [3.05, 3.63) is 96.7 Å². The van der Waals surface area contributed by atoms with Gasteiger partial charge in [-0.3, -0.25) is 9.59 Å². The number of nitrogens with one attached hydrogen (secondary N) is 1. The topological polar surface area (TPSA) is 85.6 Å². The van der Waals surface area contributed by atoms with Crippen molar-refractivity contribution in [2.45, 2.75) is 26.2 Å². The molecule has 1 N–H and O–H groups in total. The molecule has 3 aromatic carbocycles. The van der Waals surface area contributed by atoms with Crippen LogP contribution >= 0.6 is 39.1 Å². The van der Waals surface area contributed by atoms with Crippen molar-refractivity contribution in [1.82, 2.24) is 9.66 Å². The summed E-state index contributed by atoms with van der Waals surface area (Å²) in [5.74, 6) is -0.242. The largest absolute Gasteiger partial charge is 0.481 e. The van der Waals surface area contributed by atoms with E-state index in [4.69, 9.17) is 27.9 Å². The van der Waals surface area contributed by atoms with Gasteiger partial charge in [0.05, 0.1) is 27.2 Å². The van der Waals surface area contributed by atoms with Crippen LogP contribution < -0.4 is 15.6 Å². The second-order valence-corrected chi connectivity index (χ2v) is 10.2. The van der Waals surface area contributed by atoms with E-state index < -0.39 is 11.7 Å². The molecule has 38 heavy (non-hydrogen) atoms. The smallest absolute Gasteiger partial charge is 0.282 e. The minimum absolute atomic E-state index is 0.0168. The maximum atomic E-state index is 13.3. The third-order valence-electron chi connectivity index (χ3n) is 5.70. The molecule has 1 atom stereocenters. The van der Waals surface area contributed by atoms with Crippen molar-refractivity contribution >= 4 is 67.8 Å². The van der Waals surface area contributed by atoms with E-state index in [1.807, 2.05) is 19.9 Å². The number of amides is 1. The Morgan fingerprint density at radius 3 is 2.53 bits per heavy atom. The Balaban J connectivity index is 1.57. The van der Waals surface area contributed by atoms with E-state index in [0.717, 1.165) is 10.9 Å². The Hall–Kier alpha value is -3.27. The number of carbonyl (C=O) groups excluding carboxylic acids is 1. The molecule has 196 valence electrons. The number of carbonyl (C=O) groups is 1. The second-order valence-electron chi connectivity index (χ2n) is 8.46. The number of fused-ring (bicyclic) bond motifs is 1. The van der Waals surface area contributed by atoms with Gasteiger partial charge in [0, 0.05) is 16.1 Å². The van der Waals surface area contributed by atoms with Crippen molar-refractivity contribution in [2.75, 3.05) is 11.9 Å². The molecule has 1 amide bonds. The van der Waals surface area contributed by atoms with Crippen molar-refractivity contribution in [2.24, 2.45) is 5.10 Å². The fourth-order valence-electron chi connectivity index (χ4n) is 3.56. The molecule has 0 bridgehead atoms. The Morgan fingerprint density at radius 1 is 1.18 bits per heavy atom. The summed E-state index contributed by atoms with van der Waals surface area (Å²) in [7, 11) is 0. The Morgan fingerprint density at radius 2 is 1.87 bits per heavy atom. The van der Waals surface area contributed by atoms with Crippen molar-refractivity contribution in [3.63, 3.8) is 0 Å². The number of nitrogens with zero attached hydrogens (tertiary/aromatic N) is 3. The normalized spacial score (nSPS) is 12.2. The van der Waals surface area contributed by atoms with E-state index in [1.54, 1.807) is 24.3 Å². The number of ether oxygens (including phenoxy) is 1. The van der Waals surface area contributed by atoms with Crippen LogP contribution in [0.1, 0.15) is 37.6 Å². The van der Waals surface area contributed by atoms with Crippen LogP contribution in [0.25, 0.3) is 10.9 Å². The minimum Gasteiger partial charge on any atom is -0.481 e. The zero-order valence-electron chi connectivity index (χ0n) is 20.3. The molecule has 0 aliphatic carbocycles. The van der Waals surface area contributed by atoms with Gasteiger partial charge in [0.15, 0.2) is 12.4 Å². The van der Waals surface area contributed by atoms with Crippen LogP contribution in [-0.2, 0) is 4.79 Å². The molecule has 4 aromatic rings. The molecule has 11 heteroatoms. The first-order valence-corrected chi connectivity index (χ1v) is 13.1. The lowest BCUT2D eigenvalue weighted by molar-refractivity contribution is -0.118. The van der Waals surface area contributed by atoms with E-state index in [9.17, 15) is 14.0 Å². The highest BCUT2D eigenvalue weighted by Gasteiger charge is 2.16. The number of aromatic nitrogens is 2. The first-order valence-electron chi connectivity index (χ1n) is 11.6. The summed E-state index contributed by atoms with van der Waals surface area (Å²) in [4.78, 5) is 30.2. The van der Waals surface area contributed by atoms with Crippen LogP contribution in [0.3, 0.4) is 0 Å². The summed E-state index contributed by atoms with van der Waals surface area (Å²) in [6.07, 6.45) is 2.23.